The highest BCUT2D eigenvalue weighted by Gasteiger charge is 2.30. The first-order chi connectivity index (χ1) is 8.13. The summed E-state index contributed by atoms with van der Waals surface area (Å²) in [5.41, 5.74) is 0.292. The third kappa shape index (κ3) is 3.53. The molecule has 0 fully saturated rings. The van der Waals surface area contributed by atoms with Gasteiger partial charge in [-0.05, 0) is 38.1 Å². The van der Waals surface area contributed by atoms with Crippen LogP contribution in [-0.2, 0) is 9.84 Å². The molecule has 0 aliphatic rings. The molecule has 18 heavy (non-hydrogen) atoms. The number of hydrogen-bond acceptors (Lipinski definition) is 3. The summed E-state index contributed by atoms with van der Waals surface area (Å²) in [6.07, 6.45) is 1.12. The van der Waals surface area contributed by atoms with Crippen molar-refractivity contribution >= 4 is 15.7 Å². The van der Waals surface area contributed by atoms with E-state index in [0.717, 1.165) is 6.26 Å². The van der Waals surface area contributed by atoms with Crippen LogP contribution >= 0.6 is 0 Å². The molecule has 1 rings (SSSR count). The second kappa shape index (κ2) is 5.06. The van der Waals surface area contributed by atoms with E-state index in [-0.39, 0.29) is 6.54 Å². The van der Waals surface area contributed by atoms with Crippen LogP contribution in [0.1, 0.15) is 24.2 Å². The Labute approximate surface area is 106 Å². The van der Waals surface area contributed by atoms with Gasteiger partial charge in [0.05, 0.1) is 4.75 Å². The van der Waals surface area contributed by atoms with E-state index in [2.05, 4.69) is 5.32 Å². The first-order valence-corrected chi connectivity index (χ1v) is 7.26. The van der Waals surface area contributed by atoms with E-state index in [9.17, 15) is 17.6 Å². The van der Waals surface area contributed by atoms with Gasteiger partial charge in [-0.2, -0.15) is 0 Å². The Morgan fingerprint density at radius 3 is 2.22 bits per heavy atom. The number of sulfone groups is 1. The summed E-state index contributed by atoms with van der Waals surface area (Å²) < 4.78 is 34.5. The van der Waals surface area contributed by atoms with Gasteiger partial charge in [-0.15, -0.1) is 0 Å². The van der Waals surface area contributed by atoms with Crippen LogP contribution in [0.3, 0.4) is 0 Å². The normalized spacial score (nSPS) is 12.2. The summed E-state index contributed by atoms with van der Waals surface area (Å²) in [4.78, 5) is 11.7. The smallest absolute Gasteiger partial charge is 0.251 e. The first-order valence-electron chi connectivity index (χ1n) is 5.37. The largest absolute Gasteiger partial charge is 0.350 e. The van der Waals surface area contributed by atoms with Gasteiger partial charge in [0, 0.05) is 18.4 Å². The average Bonchev–Trinajstić information content (AvgIpc) is 2.25. The topological polar surface area (TPSA) is 63.2 Å². The number of halogens is 1. The Bertz CT molecular complexity index is 535. The minimum absolute atomic E-state index is 0.00203. The van der Waals surface area contributed by atoms with E-state index in [4.69, 9.17) is 0 Å². The highest BCUT2D eigenvalue weighted by Crippen LogP contribution is 2.13. The van der Waals surface area contributed by atoms with Crippen LogP contribution in [0.25, 0.3) is 0 Å². The summed E-state index contributed by atoms with van der Waals surface area (Å²) in [5, 5.41) is 2.52. The Morgan fingerprint density at radius 1 is 1.28 bits per heavy atom. The third-order valence-corrected chi connectivity index (χ3v) is 4.94. The monoisotopic (exact) mass is 273 g/mol. The van der Waals surface area contributed by atoms with Crippen LogP contribution in [0.2, 0.25) is 0 Å². The maximum absolute atomic E-state index is 12.7. The van der Waals surface area contributed by atoms with Crippen molar-refractivity contribution in [3.8, 4) is 0 Å². The fraction of sp³-hybridized carbons (Fsp3) is 0.417. The Hall–Kier alpha value is -1.43. The predicted octanol–water partition coefficient (Wildman–Crippen LogP) is 1.38. The molecular formula is C12H16FNO3S. The number of amides is 1. The first kappa shape index (κ1) is 14.6. The van der Waals surface area contributed by atoms with Crippen molar-refractivity contribution in [2.45, 2.75) is 18.6 Å². The highest BCUT2D eigenvalue weighted by molar-refractivity contribution is 7.92. The van der Waals surface area contributed by atoms with Crippen molar-refractivity contribution < 1.29 is 17.6 Å². The van der Waals surface area contributed by atoms with E-state index >= 15 is 0 Å². The molecule has 0 heterocycles. The lowest BCUT2D eigenvalue weighted by molar-refractivity contribution is 0.0950. The van der Waals surface area contributed by atoms with Gasteiger partial charge in [-0.3, -0.25) is 4.79 Å². The molecule has 100 valence electrons. The molecule has 0 unspecified atom stereocenters. The predicted molar refractivity (Wildman–Crippen MR) is 67.7 cm³/mol. The lowest BCUT2D eigenvalue weighted by Crippen LogP contribution is -2.43. The zero-order valence-corrected chi connectivity index (χ0v) is 11.3. The van der Waals surface area contributed by atoms with Gasteiger partial charge in [0.15, 0.2) is 9.84 Å². The number of carbonyl (C=O) groups excluding carboxylic acids is 1. The Kier molecular flexibility index (Phi) is 4.11. The van der Waals surface area contributed by atoms with Crippen LogP contribution in [-0.4, -0.2) is 31.9 Å². The molecule has 0 spiro atoms. The third-order valence-electron chi connectivity index (χ3n) is 2.78. The molecule has 1 amide bonds. The number of rotatable bonds is 4. The van der Waals surface area contributed by atoms with Crippen LogP contribution in [0.15, 0.2) is 24.3 Å². The van der Waals surface area contributed by atoms with Crippen molar-refractivity contribution in [3.05, 3.63) is 35.6 Å². The SMILES string of the molecule is CC(C)(CNC(=O)c1ccc(F)cc1)S(C)(=O)=O. The molecule has 0 saturated carbocycles. The van der Waals surface area contributed by atoms with Crippen LogP contribution in [0.4, 0.5) is 4.39 Å². The fourth-order valence-corrected chi connectivity index (χ4v) is 1.46. The molecule has 6 heteroatoms. The number of nitrogens with one attached hydrogen (secondary N) is 1. The van der Waals surface area contributed by atoms with Crippen LogP contribution < -0.4 is 5.32 Å². The van der Waals surface area contributed by atoms with Crippen molar-refractivity contribution in [2.24, 2.45) is 0 Å². The standard InChI is InChI=1S/C12H16FNO3S/c1-12(2,18(3,16)17)8-14-11(15)9-4-6-10(13)7-5-9/h4-7H,8H2,1-3H3,(H,14,15). The van der Waals surface area contributed by atoms with Gasteiger partial charge in [0.2, 0.25) is 0 Å². The summed E-state index contributed by atoms with van der Waals surface area (Å²) in [6, 6.07) is 5.05. The van der Waals surface area contributed by atoms with Crippen molar-refractivity contribution in [1.29, 1.82) is 0 Å². The molecule has 0 bridgehead atoms. The molecule has 0 aliphatic carbocycles. The molecule has 1 N–H and O–H groups in total. The number of benzene rings is 1. The zero-order valence-electron chi connectivity index (χ0n) is 10.5. The van der Waals surface area contributed by atoms with Gasteiger partial charge in [0.25, 0.3) is 5.91 Å². The van der Waals surface area contributed by atoms with Gasteiger partial charge < -0.3 is 5.32 Å². The summed E-state index contributed by atoms with van der Waals surface area (Å²) in [7, 11) is -3.26. The number of carbonyl (C=O) groups is 1. The molecule has 0 aliphatic heterocycles. The van der Waals surface area contributed by atoms with Gasteiger partial charge >= 0.3 is 0 Å². The quantitative estimate of drug-likeness (QED) is 0.901. The number of hydrogen-bond donors (Lipinski definition) is 1. The average molecular weight is 273 g/mol. The maximum Gasteiger partial charge on any atom is 0.251 e. The summed E-state index contributed by atoms with van der Waals surface area (Å²) >= 11 is 0. The van der Waals surface area contributed by atoms with E-state index in [1.807, 2.05) is 0 Å². The Balaban J connectivity index is 2.70. The van der Waals surface area contributed by atoms with Crippen LogP contribution in [0.5, 0.6) is 0 Å². The molecule has 0 aromatic heterocycles. The molecule has 1 aromatic carbocycles. The van der Waals surface area contributed by atoms with Crippen molar-refractivity contribution in [1.82, 2.24) is 5.32 Å². The van der Waals surface area contributed by atoms with Gasteiger partial charge in [-0.1, -0.05) is 0 Å². The van der Waals surface area contributed by atoms with E-state index < -0.39 is 26.3 Å². The minimum atomic E-state index is -3.26. The second-order valence-electron chi connectivity index (χ2n) is 4.72. The molecular weight excluding hydrogens is 257 g/mol. The summed E-state index contributed by atoms with van der Waals surface area (Å²) in [6.45, 7) is 3.07. The molecule has 1 aromatic rings. The van der Waals surface area contributed by atoms with Crippen LogP contribution in [0, 0.1) is 5.82 Å². The van der Waals surface area contributed by atoms with Gasteiger partial charge in [-0.25, -0.2) is 12.8 Å². The highest BCUT2D eigenvalue weighted by atomic mass is 32.2. The van der Waals surface area contributed by atoms with E-state index in [0.29, 0.717) is 5.56 Å². The maximum atomic E-state index is 12.7. The molecule has 0 atom stereocenters. The molecule has 0 radical (unpaired) electrons. The van der Waals surface area contributed by atoms with E-state index in [1.165, 1.54) is 38.1 Å². The lowest BCUT2D eigenvalue weighted by Gasteiger charge is -2.22. The Morgan fingerprint density at radius 2 is 1.78 bits per heavy atom. The van der Waals surface area contributed by atoms with Crippen molar-refractivity contribution in [2.75, 3.05) is 12.8 Å². The van der Waals surface area contributed by atoms with Crippen molar-refractivity contribution in [3.63, 3.8) is 0 Å². The van der Waals surface area contributed by atoms with Gasteiger partial charge in [0.1, 0.15) is 5.82 Å². The fourth-order valence-electron chi connectivity index (χ4n) is 1.13. The molecule has 0 saturated heterocycles. The zero-order chi connectivity index (χ0) is 14.0. The van der Waals surface area contributed by atoms with E-state index in [1.54, 1.807) is 0 Å². The second-order valence-corrected chi connectivity index (χ2v) is 7.37. The molecule has 4 nitrogen and oxygen atoms in total. The summed E-state index contributed by atoms with van der Waals surface area (Å²) in [5.74, 6) is -0.852. The minimum Gasteiger partial charge on any atom is -0.350 e. The lowest BCUT2D eigenvalue weighted by atomic mass is 10.2.